The highest BCUT2D eigenvalue weighted by Gasteiger charge is 2.28. The second-order valence-corrected chi connectivity index (χ2v) is 11.7. The number of sulfonamides is 1. The minimum Gasteiger partial charge on any atom is -0.376 e. The van der Waals surface area contributed by atoms with Crippen molar-refractivity contribution in [2.45, 2.75) is 54.1 Å². The molecule has 0 N–H and O–H groups in total. The van der Waals surface area contributed by atoms with Crippen LogP contribution in [-0.2, 0) is 27.1 Å². The number of benzene rings is 2. The van der Waals surface area contributed by atoms with Gasteiger partial charge < -0.3 is 9.30 Å². The zero-order valence-electron chi connectivity index (χ0n) is 18.0. The van der Waals surface area contributed by atoms with E-state index in [9.17, 15) is 12.8 Å². The largest absolute Gasteiger partial charge is 0.376 e. The van der Waals surface area contributed by atoms with E-state index in [4.69, 9.17) is 21.3 Å². The predicted molar refractivity (Wildman–Crippen MR) is 128 cm³/mol. The highest BCUT2D eigenvalue weighted by Crippen LogP contribution is 2.33. The van der Waals surface area contributed by atoms with Crippen molar-refractivity contribution in [3.8, 4) is 0 Å². The molecule has 3 aromatic rings. The molecular formula is C23H25ClFN3O3S2. The van der Waals surface area contributed by atoms with Crippen LogP contribution in [0.4, 0.5) is 4.39 Å². The molecule has 0 bridgehead atoms. The Morgan fingerprint density at radius 1 is 1.18 bits per heavy atom. The van der Waals surface area contributed by atoms with Crippen LogP contribution in [0.25, 0.3) is 11.0 Å². The quantitative estimate of drug-likeness (QED) is 0.415. The first kappa shape index (κ1) is 23.1. The fraction of sp³-hybridized carbons (Fsp3) is 0.435. The summed E-state index contributed by atoms with van der Waals surface area (Å²) in [6.07, 6.45) is 3.83. The normalized spacial score (nSPS) is 19.6. The third-order valence-corrected chi connectivity index (χ3v) is 9.46. The maximum Gasteiger partial charge on any atom is 0.243 e. The van der Waals surface area contributed by atoms with Crippen molar-refractivity contribution >= 4 is 44.4 Å². The van der Waals surface area contributed by atoms with Crippen LogP contribution in [0.2, 0.25) is 5.02 Å². The van der Waals surface area contributed by atoms with Crippen molar-refractivity contribution in [1.29, 1.82) is 0 Å². The lowest BCUT2D eigenvalue weighted by Gasteiger charge is -2.16. The highest BCUT2D eigenvalue weighted by molar-refractivity contribution is 7.98. The third-order valence-electron chi connectivity index (χ3n) is 6.20. The Morgan fingerprint density at radius 3 is 2.73 bits per heavy atom. The smallest absolute Gasteiger partial charge is 0.243 e. The van der Waals surface area contributed by atoms with Gasteiger partial charge in [-0.05, 0) is 56.0 Å². The zero-order valence-corrected chi connectivity index (χ0v) is 20.4. The maximum atomic E-state index is 14.3. The van der Waals surface area contributed by atoms with Gasteiger partial charge in [0.15, 0.2) is 5.16 Å². The number of ether oxygens (including phenoxy) is 1. The minimum absolute atomic E-state index is 0.0757. The molecule has 3 heterocycles. The fourth-order valence-corrected chi connectivity index (χ4v) is 7.32. The summed E-state index contributed by atoms with van der Waals surface area (Å²) in [7, 11) is -3.54. The van der Waals surface area contributed by atoms with Crippen LogP contribution >= 0.6 is 23.4 Å². The summed E-state index contributed by atoms with van der Waals surface area (Å²) >= 11 is 7.60. The molecule has 2 fully saturated rings. The summed E-state index contributed by atoms with van der Waals surface area (Å²) in [5.41, 5.74) is 1.88. The summed E-state index contributed by atoms with van der Waals surface area (Å²) in [5, 5.41) is 1.07. The number of aromatic nitrogens is 2. The van der Waals surface area contributed by atoms with Gasteiger partial charge in [0.2, 0.25) is 10.0 Å². The first-order chi connectivity index (χ1) is 15.9. The number of fused-ring (bicyclic) bond motifs is 1. The molecule has 0 spiro atoms. The van der Waals surface area contributed by atoms with Crippen LogP contribution in [0.3, 0.4) is 0 Å². The Balaban J connectivity index is 1.50. The topological polar surface area (TPSA) is 64.4 Å². The van der Waals surface area contributed by atoms with Crippen LogP contribution in [0.5, 0.6) is 0 Å². The lowest BCUT2D eigenvalue weighted by atomic mass is 10.2. The molecule has 176 valence electrons. The molecule has 10 heteroatoms. The second kappa shape index (κ2) is 9.54. The molecule has 0 amide bonds. The Kier molecular flexibility index (Phi) is 6.68. The summed E-state index contributed by atoms with van der Waals surface area (Å²) in [4.78, 5) is 5.01. The Bertz CT molecular complexity index is 1250. The van der Waals surface area contributed by atoms with Gasteiger partial charge in [-0.25, -0.2) is 17.8 Å². The van der Waals surface area contributed by atoms with Gasteiger partial charge in [0, 0.05) is 36.0 Å². The number of hydrogen-bond acceptors (Lipinski definition) is 5. The molecule has 2 aliphatic rings. The average molecular weight is 510 g/mol. The number of nitrogens with zero attached hydrogens (tertiary/aromatic N) is 3. The van der Waals surface area contributed by atoms with Gasteiger partial charge in [0.25, 0.3) is 0 Å². The molecule has 0 radical (unpaired) electrons. The number of thioether (sulfide) groups is 1. The van der Waals surface area contributed by atoms with Crippen molar-refractivity contribution < 1.29 is 17.5 Å². The van der Waals surface area contributed by atoms with Gasteiger partial charge in [-0.1, -0.05) is 29.4 Å². The Labute approximate surface area is 202 Å². The van der Waals surface area contributed by atoms with E-state index in [1.165, 1.54) is 22.1 Å². The average Bonchev–Trinajstić information content (AvgIpc) is 3.56. The van der Waals surface area contributed by atoms with Gasteiger partial charge in [-0.3, -0.25) is 0 Å². The van der Waals surface area contributed by atoms with E-state index in [0.29, 0.717) is 46.6 Å². The standard InChI is InChI=1S/C23H25ClFN3O3S2/c24-19-6-3-7-20(25)18(19)15-32-23-26-21-13-17(33(29,30)27-10-1-2-11-27)8-9-22(21)28(23)14-16-5-4-12-31-16/h3,6-9,13,16H,1-2,4-5,10-12,14-15H2/t16-/m0/s1. The number of hydrogen-bond donors (Lipinski definition) is 0. The van der Waals surface area contributed by atoms with Crippen LogP contribution in [0, 0.1) is 5.82 Å². The molecule has 5 rings (SSSR count). The third kappa shape index (κ3) is 4.66. The molecule has 2 aromatic carbocycles. The van der Waals surface area contributed by atoms with E-state index in [1.807, 2.05) is 6.07 Å². The summed E-state index contributed by atoms with van der Waals surface area (Å²) in [6, 6.07) is 9.78. The lowest BCUT2D eigenvalue weighted by Crippen LogP contribution is -2.27. The number of halogens is 2. The van der Waals surface area contributed by atoms with Gasteiger partial charge >= 0.3 is 0 Å². The SMILES string of the molecule is O=S(=O)(c1ccc2c(c1)nc(SCc1c(F)cccc1Cl)n2C[C@@H]1CCCO1)N1CCCC1. The monoisotopic (exact) mass is 509 g/mol. The van der Waals surface area contributed by atoms with E-state index in [2.05, 4.69) is 4.57 Å². The predicted octanol–water partition coefficient (Wildman–Crippen LogP) is 5.08. The van der Waals surface area contributed by atoms with Gasteiger partial charge in [-0.15, -0.1) is 0 Å². The summed E-state index contributed by atoms with van der Waals surface area (Å²) in [5.74, 6) is -0.0324. The van der Waals surface area contributed by atoms with Crippen molar-refractivity contribution in [2.75, 3.05) is 19.7 Å². The van der Waals surface area contributed by atoms with E-state index in [1.54, 1.807) is 24.3 Å². The lowest BCUT2D eigenvalue weighted by molar-refractivity contribution is 0.0960. The second-order valence-electron chi connectivity index (χ2n) is 8.39. The molecule has 6 nitrogen and oxygen atoms in total. The van der Waals surface area contributed by atoms with Crippen LogP contribution in [0.1, 0.15) is 31.2 Å². The molecule has 0 unspecified atom stereocenters. The van der Waals surface area contributed by atoms with Crippen molar-refractivity contribution in [3.63, 3.8) is 0 Å². The summed E-state index contributed by atoms with van der Waals surface area (Å²) < 4.78 is 49.8. The van der Waals surface area contributed by atoms with Gasteiger partial charge in [-0.2, -0.15) is 4.31 Å². The van der Waals surface area contributed by atoms with Crippen LogP contribution in [-0.4, -0.2) is 48.1 Å². The zero-order chi connectivity index (χ0) is 23.0. The highest BCUT2D eigenvalue weighted by atomic mass is 35.5. The maximum absolute atomic E-state index is 14.3. The van der Waals surface area contributed by atoms with E-state index in [-0.39, 0.29) is 16.8 Å². The number of imidazole rings is 1. The molecule has 0 aliphatic carbocycles. The molecule has 2 aliphatic heterocycles. The molecule has 33 heavy (non-hydrogen) atoms. The van der Waals surface area contributed by atoms with E-state index in [0.717, 1.165) is 37.8 Å². The van der Waals surface area contributed by atoms with E-state index < -0.39 is 10.0 Å². The minimum atomic E-state index is -3.54. The first-order valence-electron chi connectivity index (χ1n) is 11.1. The number of rotatable bonds is 7. The molecule has 1 aromatic heterocycles. The van der Waals surface area contributed by atoms with Crippen LogP contribution < -0.4 is 0 Å². The van der Waals surface area contributed by atoms with Crippen molar-refractivity contribution in [2.24, 2.45) is 0 Å². The molecule has 0 saturated carbocycles. The molecular weight excluding hydrogens is 485 g/mol. The molecule has 2 saturated heterocycles. The molecule has 1 atom stereocenters. The fourth-order valence-electron chi connectivity index (χ4n) is 4.41. The van der Waals surface area contributed by atoms with Gasteiger partial charge in [0.05, 0.1) is 28.6 Å². The Morgan fingerprint density at radius 2 is 2.00 bits per heavy atom. The van der Waals surface area contributed by atoms with Crippen LogP contribution in [0.15, 0.2) is 46.5 Å². The summed E-state index contributed by atoms with van der Waals surface area (Å²) in [6.45, 7) is 2.46. The van der Waals surface area contributed by atoms with Crippen molar-refractivity contribution in [3.05, 3.63) is 52.8 Å². The van der Waals surface area contributed by atoms with Crippen molar-refractivity contribution in [1.82, 2.24) is 13.9 Å². The Hall–Kier alpha value is -1.65. The van der Waals surface area contributed by atoms with E-state index >= 15 is 0 Å². The first-order valence-corrected chi connectivity index (χ1v) is 13.9. The van der Waals surface area contributed by atoms with Gasteiger partial charge in [0.1, 0.15) is 5.82 Å².